The van der Waals surface area contributed by atoms with Crippen molar-refractivity contribution in [2.45, 2.75) is 4.90 Å². The highest BCUT2D eigenvalue weighted by Crippen LogP contribution is 2.38. The molecule has 0 spiro atoms. The molecule has 1 amide bonds. The third-order valence-corrected chi connectivity index (χ3v) is 6.34. The minimum Gasteiger partial charge on any atom is -0.493 e. The van der Waals surface area contributed by atoms with Crippen LogP contribution < -0.4 is 23.8 Å². The van der Waals surface area contributed by atoms with E-state index in [1.807, 2.05) is 0 Å². The Kier molecular flexibility index (Phi) is 8.44. The van der Waals surface area contributed by atoms with E-state index in [9.17, 15) is 13.2 Å². The van der Waals surface area contributed by atoms with Crippen molar-refractivity contribution in [3.05, 3.63) is 75.8 Å². The average Bonchev–Trinajstić information content (AvgIpc) is 2.85. The van der Waals surface area contributed by atoms with E-state index < -0.39 is 16.0 Å². The van der Waals surface area contributed by atoms with Crippen LogP contribution in [-0.2, 0) is 10.1 Å². The largest absolute Gasteiger partial charge is 0.493 e. The van der Waals surface area contributed by atoms with Gasteiger partial charge in [-0.25, -0.2) is 5.43 Å². The molecule has 0 aliphatic heterocycles. The van der Waals surface area contributed by atoms with Crippen molar-refractivity contribution in [1.29, 1.82) is 0 Å². The predicted octanol–water partition coefficient (Wildman–Crippen LogP) is 4.55. The third kappa shape index (κ3) is 6.36. The van der Waals surface area contributed by atoms with E-state index in [1.165, 1.54) is 70.0 Å². The standard InChI is InChI=1S/C23H20Cl2N2O7S/c1-31-19-9-4-15(12-20(19)32-2)23(28)27-26-13-14-10-18(25)22(21(11-14)33-3)34-35(29,30)17-7-5-16(24)6-8-17/h4-13H,1-3H3,(H,27,28)/b26-13+. The lowest BCUT2D eigenvalue weighted by molar-refractivity contribution is 0.0954. The molecule has 0 bridgehead atoms. The van der Waals surface area contributed by atoms with Crippen LogP contribution in [0.2, 0.25) is 10.0 Å². The van der Waals surface area contributed by atoms with E-state index in [2.05, 4.69) is 10.5 Å². The molecule has 3 aromatic rings. The maximum atomic E-state index is 12.6. The molecular formula is C23H20Cl2N2O7S. The zero-order valence-corrected chi connectivity index (χ0v) is 21.1. The van der Waals surface area contributed by atoms with Crippen LogP contribution in [-0.4, -0.2) is 41.9 Å². The van der Waals surface area contributed by atoms with Gasteiger partial charge in [0.05, 0.1) is 32.6 Å². The predicted molar refractivity (Wildman–Crippen MR) is 132 cm³/mol. The number of rotatable bonds is 9. The molecule has 0 saturated heterocycles. The van der Waals surface area contributed by atoms with Crippen molar-refractivity contribution in [3.8, 4) is 23.0 Å². The first-order valence-electron chi connectivity index (χ1n) is 9.81. The van der Waals surface area contributed by atoms with E-state index >= 15 is 0 Å². The normalized spacial score (nSPS) is 11.2. The molecule has 3 aromatic carbocycles. The molecule has 1 N–H and O–H groups in total. The molecule has 35 heavy (non-hydrogen) atoms. The first-order chi connectivity index (χ1) is 16.7. The van der Waals surface area contributed by atoms with Crippen molar-refractivity contribution >= 4 is 45.4 Å². The Labute approximate surface area is 212 Å². The topological polar surface area (TPSA) is 113 Å². The molecule has 0 aromatic heterocycles. The van der Waals surface area contributed by atoms with Gasteiger partial charge in [-0.3, -0.25) is 4.79 Å². The molecule has 184 valence electrons. The fourth-order valence-electron chi connectivity index (χ4n) is 2.86. The number of carbonyl (C=O) groups is 1. The number of nitrogens with zero attached hydrogens (tertiary/aromatic N) is 1. The van der Waals surface area contributed by atoms with Crippen LogP contribution in [0.3, 0.4) is 0 Å². The summed E-state index contributed by atoms with van der Waals surface area (Å²) in [6, 6.07) is 13.0. The maximum absolute atomic E-state index is 12.6. The average molecular weight is 539 g/mol. The second kappa shape index (κ2) is 11.3. The summed E-state index contributed by atoms with van der Waals surface area (Å²) >= 11 is 12.1. The highest BCUT2D eigenvalue weighted by molar-refractivity contribution is 7.87. The van der Waals surface area contributed by atoms with Gasteiger partial charge in [0.25, 0.3) is 5.91 Å². The second-order valence-corrected chi connectivity index (χ2v) is 9.18. The fourth-order valence-corrected chi connectivity index (χ4v) is 4.25. The van der Waals surface area contributed by atoms with Gasteiger partial charge in [-0.05, 0) is 60.2 Å². The Bertz CT molecular complexity index is 1360. The first kappa shape index (κ1) is 26.1. The molecule has 0 fully saturated rings. The van der Waals surface area contributed by atoms with Gasteiger partial charge in [0.15, 0.2) is 17.2 Å². The smallest absolute Gasteiger partial charge is 0.339 e. The van der Waals surface area contributed by atoms with Gasteiger partial charge in [-0.2, -0.15) is 13.5 Å². The summed E-state index contributed by atoms with van der Waals surface area (Å²) in [5.41, 5.74) is 3.09. The van der Waals surface area contributed by atoms with E-state index in [0.29, 0.717) is 27.6 Å². The lowest BCUT2D eigenvalue weighted by Crippen LogP contribution is -2.17. The molecule has 3 rings (SSSR count). The lowest BCUT2D eigenvalue weighted by atomic mass is 10.2. The zero-order valence-electron chi connectivity index (χ0n) is 18.7. The minimum absolute atomic E-state index is 0.0442. The lowest BCUT2D eigenvalue weighted by Gasteiger charge is -2.13. The highest BCUT2D eigenvalue weighted by atomic mass is 35.5. The van der Waals surface area contributed by atoms with Crippen molar-refractivity contribution in [2.75, 3.05) is 21.3 Å². The zero-order chi connectivity index (χ0) is 25.6. The van der Waals surface area contributed by atoms with E-state index in [1.54, 1.807) is 12.1 Å². The second-order valence-electron chi connectivity index (χ2n) is 6.79. The quantitative estimate of drug-likeness (QED) is 0.241. The summed E-state index contributed by atoms with van der Waals surface area (Å²) in [5.74, 6) is 0.229. The van der Waals surface area contributed by atoms with Crippen LogP contribution in [0.5, 0.6) is 23.0 Å². The minimum atomic E-state index is -4.20. The number of hydrogen-bond donors (Lipinski definition) is 1. The number of methoxy groups -OCH3 is 3. The molecular weight excluding hydrogens is 519 g/mol. The van der Waals surface area contributed by atoms with Gasteiger partial charge < -0.3 is 18.4 Å². The van der Waals surface area contributed by atoms with Gasteiger partial charge >= 0.3 is 10.1 Å². The van der Waals surface area contributed by atoms with E-state index in [4.69, 9.17) is 41.6 Å². The Morgan fingerprint density at radius 2 is 1.54 bits per heavy atom. The molecule has 0 aliphatic rings. The van der Waals surface area contributed by atoms with Crippen molar-refractivity contribution < 1.29 is 31.6 Å². The third-order valence-electron chi connectivity index (χ3n) is 4.57. The number of amides is 1. The summed E-state index contributed by atoms with van der Waals surface area (Å²) in [4.78, 5) is 12.3. The molecule has 0 saturated carbocycles. The van der Waals surface area contributed by atoms with Gasteiger partial charge in [-0.1, -0.05) is 23.2 Å². The van der Waals surface area contributed by atoms with Gasteiger partial charge in [0.1, 0.15) is 4.90 Å². The molecule has 12 heteroatoms. The highest BCUT2D eigenvalue weighted by Gasteiger charge is 2.22. The monoisotopic (exact) mass is 538 g/mol. The van der Waals surface area contributed by atoms with Crippen LogP contribution in [0.1, 0.15) is 15.9 Å². The van der Waals surface area contributed by atoms with Gasteiger partial charge in [0, 0.05) is 10.6 Å². The van der Waals surface area contributed by atoms with Crippen LogP contribution in [0, 0.1) is 0 Å². The van der Waals surface area contributed by atoms with Crippen LogP contribution in [0.15, 0.2) is 64.6 Å². The molecule has 0 atom stereocenters. The number of hydrazone groups is 1. The molecule has 0 radical (unpaired) electrons. The van der Waals surface area contributed by atoms with Gasteiger partial charge in [-0.15, -0.1) is 0 Å². The Morgan fingerprint density at radius 3 is 2.17 bits per heavy atom. The Morgan fingerprint density at radius 1 is 0.886 bits per heavy atom. The summed E-state index contributed by atoms with van der Waals surface area (Å²) < 4.78 is 46.0. The first-order valence-corrected chi connectivity index (χ1v) is 12.0. The van der Waals surface area contributed by atoms with Crippen molar-refractivity contribution in [3.63, 3.8) is 0 Å². The maximum Gasteiger partial charge on any atom is 0.339 e. The fraction of sp³-hybridized carbons (Fsp3) is 0.130. The number of carbonyl (C=O) groups excluding carboxylic acids is 1. The SMILES string of the molecule is COc1ccc(C(=O)N/N=C/c2cc(Cl)c(OS(=O)(=O)c3ccc(Cl)cc3)c(OC)c2)cc1OC. The summed E-state index contributed by atoms with van der Waals surface area (Å²) in [7, 11) is 0.0780. The van der Waals surface area contributed by atoms with E-state index in [0.717, 1.165) is 0 Å². The Hall–Kier alpha value is -3.47. The number of hydrogen-bond acceptors (Lipinski definition) is 8. The summed E-state index contributed by atoms with van der Waals surface area (Å²) in [6.45, 7) is 0. The van der Waals surface area contributed by atoms with E-state index in [-0.39, 0.29) is 21.4 Å². The van der Waals surface area contributed by atoms with Gasteiger partial charge in [0.2, 0.25) is 5.75 Å². The van der Waals surface area contributed by atoms with Crippen LogP contribution >= 0.6 is 23.2 Å². The summed E-state index contributed by atoms with van der Waals surface area (Å²) in [6.07, 6.45) is 1.31. The Balaban J connectivity index is 1.77. The number of nitrogens with one attached hydrogen (secondary N) is 1. The molecule has 0 unspecified atom stereocenters. The number of benzene rings is 3. The van der Waals surface area contributed by atoms with Crippen LogP contribution in [0.25, 0.3) is 0 Å². The number of ether oxygens (including phenoxy) is 3. The molecule has 9 nitrogen and oxygen atoms in total. The van der Waals surface area contributed by atoms with Crippen molar-refractivity contribution in [2.24, 2.45) is 5.10 Å². The van der Waals surface area contributed by atoms with Crippen LogP contribution in [0.4, 0.5) is 0 Å². The van der Waals surface area contributed by atoms with Crippen molar-refractivity contribution in [1.82, 2.24) is 5.43 Å². The molecule has 0 aliphatic carbocycles. The number of halogens is 2. The molecule has 0 heterocycles. The summed E-state index contributed by atoms with van der Waals surface area (Å²) in [5, 5.41) is 4.24.